The molecule has 8 aromatic carbocycles. The summed E-state index contributed by atoms with van der Waals surface area (Å²) in [5, 5.41) is 0.0482. The van der Waals surface area contributed by atoms with Crippen LogP contribution in [-0.2, 0) is 0 Å². The fraction of sp³-hybridized carbons (Fsp3) is 0. The fourth-order valence-electron chi connectivity index (χ4n) is 5.64. The first-order chi connectivity index (χ1) is 28.8. The Morgan fingerprint density at radius 2 is 1.00 bits per heavy atom. The molecule has 0 aliphatic heterocycles. The van der Waals surface area contributed by atoms with Gasteiger partial charge in [0, 0.05) is 10.8 Å². The number of furan rings is 1. The van der Waals surface area contributed by atoms with E-state index >= 15 is 0 Å². The van der Waals surface area contributed by atoms with Crippen LogP contribution in [0.3, 0.4) is 0 Å². The summed E-state index contributed by atoms with van der Waals surface area (Å²) < 4.78 is 162. The van der Waals surface area contributed by atoms with Crippen LogP contribution in [0.4, 0.5) is 0 Å². The molecule has 9 aromatic rings. The molecule has 0 N–H and O–H groups in total. The van der Waals surface area contributed by atoms with E-state index < -0.39 is 78.6 Å². The molecule has 0 fully saturated rings. The predicted molar refractivity (Wildman–Crippen MR) is 183 cm³/mol. The molecule has 0 amide bonds. The third-order valence-electron chi connectivity index (χ3n) is 7.52. The highest BCUT2D eigenvalue weighted by atomic mass is 16.3. The van der Waals surface area contributed by atoms with E-state index in [0.717, 1.165) is 0 Å². The molecule has 1 nitrogen and oxygen atoms in total. The van der Waals surface area contributed by atoms with Gasteiger partial charge in [0.1, 0.15) is 11.2 Å². The van der Waals surface area contributed by atoms with Crippen molar-refractivity contribution >= 4 is 54.3 Å². The molecule has 200 valence electrons. The van der Waals surface area contributed by atoms with Gasteiger partial charge in [-0.15, -0.1) is 0 Å². The van der Waals surface area contributed by atoms with Crippen LogP contribution in [0.25, 0.3) is 87.6 Å². The Labute approximate surface area is 274 Å². The van der Waals surface area contributed by atoms with Crippen molar-refractivity contribution in [3.8, 4) is 33.4 Å². The van der Waals surface area contributed by atoms with E-state index in [2.05, 4.69) is 0 Å². The summed E-state index contributed by atoms with van der Waals surface area (Å²) in [5.74, 6) is 0. The van der Waals surface area contributed by atoms with Crippen molar-refractivity contribution in [1.82, 2.24) is 0 Å². The molecule has 0 spiro atoms. The highest BCUT2D eigenvalue weighted by molar-refractivity contribution is 6.22. The largest absolute Gasteiger partial charge is 0.456 e. The summed E-state index contributed by atoms with van der Waals surface area (Å²) in [6.07, 6.45) is 0. The lowest BCUT2D eigenvalue weighted by molar-refractivity contribution is 0.669. The minimum atomic E-state index is -0.645. The molecule has 0 saturated heterocycles. The van der Waals surface area contributed by atoms with Crippen molar-refractivity contribution in [3.05, 3.63) is 157 Å². The van der Waals surface area contributed by atoms with Crippen LogP contribution >= 0.6 is 0 Å². The van der Waals surface area contributed by atoms with E-state index in [0.29, 0.717) is 11.1 Å². The van der Waals surface area contributed by atoms with Gasteiger partial charge < -0.3 is 4.42 Å². The summed E-state index contributed by atoms with van der Waals surface area (Å²) in [7, 11) is 0. The summed E-state index contributed by atoms with van der Waals surface area (Å²) in [5.41, 5.74) is 0.259. The lowest BCUT2D eigenvalue weighted by Gasteiger charge is -2.18. The molecule has 1 aromatic heterocycles. The smallest absolute Gasteiger partial charge is 0.136 e. The number of hydrogen-bond donors (Lipinski definition) is 0. The van der Waals surface area contributed by atoms with Gasteiger partial charge in [0.05, 0.1) is 24.7 Å². The van der Waals surface area contributed by atoms with Crippen molar-refractivity contribution in [3.63, 3.8) is 0 Å². The van der Waals surface area contributed by atoms with Gasteiger partial charge in [-0.1, -0.05) is 127 Å². The molecule has 1 heterocycles. The number of benzene rings is 8. The number of para-hydroxylation sites is 1. The van der Waals surface area contributed by atoms with Crippen molar-refractivity contribution in [2.24, 2.45) is 0 Å². The lowest BCUT2D eigenvalue weighted by Crippen LogP contribution is -1.91. The van der Waals surface area contributed by atoms with Gasteiger partial charge >= 0.3 is 0 Å². The SMILES string of the molecule is [2H]c1cc2c(-c3cccc(-c4c([2H])c([2H])c5c(oc6c([2H])c([2H])c([2H])c([2H])c65)c4[2H])c3)c3cc([2H])c([2H])cc3c(-c3c([2H])c([2H])c4c([2H])c([2H])c([2H])c([2H])c4c3[2H])c2cc1[2H]. The molecule has 0 aliphatic carbocycles. The van der Waals surface area contributed by atoms with E-state index in [9.17, 15) is 4.11 Å². The second-order valence-electron chi connectivity index (χ2n) is 9.90. The minimum absolute atomic E-state index is 0.0648. The molecule has 0 radical (unpaired) electrons. The molecule has 0 bridgehead atoms. The van der Waals surface area contributed by atoms with Crippen molar-refractivity contribution in [2.45, 2.75) is 0 Å². The number of hydrogen-bond acceptors (Lipinski definition) is 1. The Bertz CT molecular complexity index is 3450. The normalized spacial score (nSPS) is 17.6. The topological polar surface area (TPSA) is 13.1 Å². The van der Waals surface area contributed by atoms with Crippen LogP contribution in [0, 0.1) is 0 Å². The van der Waals surface area contributed by atoms with Crippen LogP contribution < -0.4 is 0 Å². The molecule has 0 atom stereocenters. The fourth-order valence-corrected chi connectivity index (χ4v) is 5.64. The zero-order valence-electron chi connectivity index (χ0n) is 40.0. The molecule has 0 unspecified atom stereocenters. The molecule has 0 saturated carbocycles. The van der Waals surface area contributed by atoms with Crippen molar-refractivity contribution in [1.29, 1.82) is 0 Å². The first kappa shape index (κ1) is 12.3. The van der Waals surface area contributed by atoms with Gasteiger partial charge in [-0.3, -0.25) is 0 Å². The summed E-state index contributed by atoms with van der Waals surface area (Å²) in [4.78, 5) is 0. The van der Waals surface area contributed by atoms with E-state index in [4.69, 9.17) is 25.0 Å². The molecule has 43 heavy (non-hydrogen) atoms. The van der Waals surface area contributed by atoms with E-state index in [1.54, 1.807) is 24.3 Å². The maximum atomic E-state index is 9.38. The zero-order chi connectivity index (χ0) is 44.0. The summed E-state index contributed by atoms with van der Waals surface area (Å²) in [6, 6.07) is 3.48. The number of fused-ring (bicyclic) bond motifs is 6. The van der Waals surface area contributed by atoms with Crippen LogP contribution in [0.1, 0.15) is 24.7 Å². The number of rotatable bonds is 3. The Morgan fingerprint density at radius 3 is 1.77 bits per heavy atom. The van der Waals surface area contributed by atoms with Gasteiger partial charge in [-0.25, -0.2) is 0 Å². The van der Waals surface area contributed by atoms with E-state index in [1.165, 1.54) is 24.3 Å². The monoisotopic (exact) mass is 564 g/mol. The third kappa shape index (κ3) is 3.79. The van der Waals surface area contributed by atoms with Gasteiger partial charge in [0.15, 0.2) is 0 Å². The molecule has 0 aliphatic rings. The maximum Gasteiger partial charge on any atom is 0.136 e. The van der Waals surface area contributed by atoms with Crippen LogP contribution in [0.5, 0.6) is 0 Å². The first-order valence-electron chi connectivity index (χ1n) is 22.3. The summed E-state index contributed by atoms with van der Waals surface area (Å²) >= 11 is 0. The zero-order valence-corrected chi connectivity index (χ0v) is 22.0. The van der Waals surface area contributed by atoms with Crippen LogP contribution in [-0.4, -0.2) is 0 Å². The average molecular weight is 565 g/mol. The van der Waals surface area contributed by atoms with Crippen molar-refractivity contribution in [2.75, 3.05) is 0 Å². The second kappa shape index (κ2) is 9.44. The third-order valence-corrected chi connectivity index (χ3v) is 7.52. The molecular formula is C42H26O. The highest BCUT2D eigenvalue weighted by Gasteiger charge is 2.17. The second-order valence-corrected chi connectivity index (χ2v) is 9.90. The van der Waals surface area contributed by atoms with Crippen LogP contribution in [0.15, 0.2) is 162 Å². The van der Waals surface area contributed by atoms with Gasteiger partial charge in [-0.2, -0.15) is 0 Å². The quantitative estimate of drug-likeness (QED) is 0.195. The Morgan fingerprint density at radius 1 is 0.395 bits per heavy atom. The van der Waals surface area contributed by atoms with Gasteiger partial charge in [0.25, 0.3) is 0 Å². The Hall–Kier alpha value is -5.66. The lowest BCUT2D eigenvalue weighted by atomic mass is 9.85. The Balaban J connectivity index is 1.40. The Kier molecular flexibility index (Phi) is 2.70. The summed E-state index contributed by atoms with van der Waals surface area (Å²) in [6.45, 7) is 0. The highest BCUT2D eigenvalue weighted by Crippen LogP contribution is 2.44. The van der Waals surface area contributed by atoms with E-state index in [1.807, 2.05) is 0 Å². The average Bonchev–Trinajstić information content (AvgIpc) is 3.64. The predicted octanol–water partition coefficient (Wildman–Crippen LogP) is 12.0. The molecular weight excluding hydrogens is 520 g/mol. The standard InChI is InChI=1S/C42H26O/c1-2-11-28-24-32(21-20-27(28)10-1)42-37-17-5-3-15-35(37)41(36-16-4-6-18-38(36)42)31-13-9-12-29(25-31)30-22-23-34-33-14-7-8-19-39(33)43-40(34)26-30/h1-26H/i1D,2D,3D,4D,5D,6D,7D,8D,10D,11D,14D,19D,20D,21D,22D,23D,24D,26D. The maximum absolute atomic E-state index is 9.38. The first-order valence-corrected chi connectivity index (χ1v) is 13.3. The minimum Gasteiger partial charge on any atom is -0.456 e. The van der Waals surface area contributed by atoms with Crippen LogP contribution in [0.2, 0.25) is 0 Å². The van der Waals surface area contributed by atoms with E-state index in [-0.39, 0.29) is 107 Å². The van der Waals surface area contributed by atoms with Gasteiger partial charge in [0.2, 0.25) is 0 Å². The molecule has 9 rings (SSSR count). The molecule has 1 heteroatoms. The van der Waals surface area contributed by atoms with Gasteiger partial charge in [-0.05, 0) is 95.9 Å². The van der Waals surface area contributed by atoms with Crippen molar-refractivity contribution < 1.29 is 29.1 Å².